The monoisotopic (exact) mass is 181 g/mol. The van der Waals surface area contributed by atoms with Crippen LogP contribution in [0.25, 0.3) is 0 Å². The second kappa shape index (κ2) is 3.92. The normalized spacial score (nSPS) is 21.1. The molecule has 1 aliphatic heterocycles. The fourth-order valence-electron chi connectivity index (χ4n) is 1.41. The second-order valence-electron chi connectivity index (χ2n) is 3.61. The molecule has 0 aromatic heterocycles. The predicted octanol–water partition coefficient (Wildman–Crippen LogP) is 1.00. The molecule has 0 amide bonds. The van der Waals surface area contributed by atoms with Crippen LogP contribution in [0.1, 0.15) is 25.7 Å². The first-order valence-electron chi connectivity index (χ1n) is 4.96. The highest BCUT2D eigenvalue weighted by Gasteiger charge is 2.21. The van der Waals surface area contributed by atoms with Crippen LogP contribution in [0.3, 0.4) is 0 Å². The summed E-state index contributed by atoms with van der Waals surface area (Å²) in [4.78, 5) is 11.4. The molecule has 3 nitrogen and oxygen atoms in total. The maximum Gasteiger partial charge on any atom is 0.198 e. The average molecular weight is 181 g/mol. The molecule has 3 heteroatoms. The van der Waals surface area contributed by atoms with Crippen LogP contribution >= 0.6 is 0 Å². The zero-order valence-corrected chi connectivity index (χ0v) is 7.71. The first kappa shape index (κ1) is 8.75. The van der Waals surface area contributed by atoms with E-state index in [1.54, 1.807) is 0 Å². The van der Waals surface area contributed by atoms with Gasteiger partial charge < -0.3 is 10.1 Å². The molecule has 2 rings (SSSR count). The summed E-state index contributed by atoms with van der Waals surface area (Å²) in [6, 6.07) is 0.686. The van der Waals surface area contributed by atoms with E-state index >= 15 is 0 Å². The Balaban J connectivity index is 1.65. The number of carbonyl (C=O) groups is 1. The molecule has 13 heavy (non-hydrogen) atoms. The van der Waals surface area contributed by atoms with E-state index in [1.807, 2.05) is 6.08 Å². The van der Waals surface area contributed by atoms with Crippen molar-refractivity contribution in [3.63, 3.8) is 0 Å². The number of nitrogens with one attached hydrogen (secondary N) is 1. The molecule has 0 atom stereocenters. The number of Topliss-reactive ketones (excluding diaryl/α,β-unsaturated/α-hetero) is 1. The van der Waals surface area contributed by atoms with Gasteiger partial charge >= 0.3 is 0 Å². The third-order valence-corrected chi connectivity index (χ3v) is 2.34. The maximum atomic E-state index is 11.4. The molecule has 0 aromatic carbocycles. The summed E-state index contributed by atoms with van der Waals surface area (Å²) >= 11 is 0. The molecule has 0 unspecified atom stereocenters. The molecular formula is C10H15NO2. The van der Waals surface area contributed by atoms with Gasteiger partial charge in [-0.2, -0.15) is 0 Å². The molecule has 0 spiro atoms. The highest BCUT2D eigenvalue weighted by atomic mass is 16.5. The molecule has 1 N–H and O–H groups in total. The van der Waals surface area contributed by atoms with Gasteiger partial charge in [-0.05, 0) is 18.9 Å². The van der Waals surface area contributed by atoms with Gasteiger partial charge in [-0.3, -0.25) is 4.79 Å². The number of allylic oxidation sites excluding steroid dienone is 1. The van der Waals surface area contributed by atoms with Crippen LogP contribution < -0.4 is 5.32 Å². The van der Waals surface area contributed by atoms with Crippen molar-refractivity contribution in [3.05, 3.63) is 11.8 Å². The van der Waals surface area contributed by atoms with Gasteiger partial charge in [-0.15, -0.1) is 0 Å². The van der Waals surface area contributed by atoms with Crippen molar-refractivity contribution in [1.82, 2.24) is 5.32 Å². The van der Waals surface area contributed by atoms with E-state index in [0.29, 0.717) is 24.8 Å². The lowest BCUT2D eigenvalue weighted by atomic mass is 10.2. The second-order valence-corrected chi connectivity index (χ2v) is 3.61. The lowest BCUT2D eigenvalue weighted by molar-refractivity contribution is -0.118. The summed E-state index contributed by atoms with van der Waals surface area (Å²) in [5.74, 6) is 0.725. The van der Waals surface area contributed by atoms with Crippen LogP contribution in [0.5, 0.6) is 0 Å². The minimum absolute atomic E-state index is 0.144. The Morgan fingerprint density at radius 1 is 1.62 bits per heavy atom. The van der Waals surface area contributed by atoms with E-state index in [-0.39, 0.29) is 5.78 Å². The number of ether oxygens (including phenoxy) is 1. The van der Waals surface area contributed by atoms with Gasteiger partial charge in [-0.25, -0.2) is 0 Å². The van der Waals surface area contributed by atoms with Crippen LogP contribution in [0, 0.1) is 0 Å². The molecule has 0 saturated heterocycles. The van der Waals surface area contributed by atoms with Gasteiger partial charge in [-0.1, -0.05) is 0 Å². The average Bonchev–Trinajstić information content (AvgIpc) is 2.80. The van der Waals surface area contributed by atoms with E-state index in [4.69, 9.17) is 4.74 Å². The highest BCUT2D eigenvalue weighted by molar-refractivity contribution is 5.93. The summed E-state index contributed by atoms with van der Waals surface area (Å²) in [6.07, 6.45) is 5.89. The van der Waals surface area contributed by atoms with Gasteiger partial charge in [0.15, 0.2) is 11.5 Å². The first-order valence-corrected chi connectivity index (χ1v) is 4.96. The summed E-state index contributed by atoms with van der Waals surface area (Å²) < 4.78 is 5.17. The van der Waals surface area contributed by atoms with Crippen LogP contribution in [0.2, 0.25) is 0 Å². The molecule has 2 aliphatic rings. The molecule has 1 aliphatic carbocycles. The highest BCUT2D eigenvalue weighted by Crippen LogP contribution is 2.18. The number of rotatable bonds is 5. The Morgan fingerprint density at radius 3 is 3.08 bits per heavy atom. The Bertz CT molecular complexity index is 231. The number of carbonyl (C=O) groups excluding carboxylic acids is 1. The number of hydrogen-bond donors (Lipinski definition) is 1. The van der Waals surface area contributed by atoms with E-state index in [2.05, 4.69) is 5.32 Å². The van der Waals surface area contributed by atoms with Crippen molar-refractivity contribution >= 4 is 5.78 Å². The van der Waals surface area contributed by atoms with Crippen molar-refractivity contribution in [1.29, 1.82) is 0 Å². The third kappa shape index (κ3) is 2.56. The fraction of sp³-hybridized carbons (Fsp3) is 0.700. The molecule has 1 fully saturated rings. The molecule has 0 radical (unpaired) electrons. The zero-order valence-electron chi connectivity index (χ0n) is 7.71. The largest absolute Gasteiger partial charge is 0.490 e. The van der Waals surface area contributed by atoms with E-state index in [1.165, 1.54) is 12.8 Å². The van der Waals surface area contributed by atoms with Gasteiger partial charge in [0.1, 0.15) is 0 Å². The van der Waals surface area contributed by atoms with Crippen LogP contribution in [0.15, 0.2) is 11.8 Å². The SMILES string of the molecule is O=C(CCNC1CC1)C1=CCCO1. The molecule has 72 valence electrons. The summed E-state index contributed by atoms with van der Waals surface area (Å²) in [6.45, 7) is 1.47. The number of hydrogen-bond acceptors (Lipinski definition) is 3. The minimum Gasteiger partial charge on any atom is -0.490 e. The van der Waals surface area contributed by atoms with E-state index in [9.17, 15) is 4.79 Å². The van der Waals surface area contributed by atoms with Crippen molar-refractivity contribution in [2.75, 3.05) is 13.2 Å². The molecule has 0 aromatic rings. The fourth-order valence-corrected chi connectivity index (χ4v) is 1.41. The van der Waals surface area contributed by atoms with Crippen molar-refractivity contribution in [3.8, 4) is 0 Å². The van der Waals surface area contributed by atoms with Crippen LogP contribution in [-0.2, 0) is 9.53 Å². The Kier molecular flexibility index (Phi) is 2.64. The minimum atomic E-state index is 0.144. The van der Waals surface area contributed by atoms with Crippen molar-refractivity contribution < 1.29 is 9.53 Å². The Hall–Kier alpha value is -0.830. The maximum absolute atomic E-state index is 11.4. The first-order chi connectivity index (χ1) is 6.36. The summed E-state index contributed by atoms with van der Waals surface area (Å²) in [5.41, 5.74) is 0. The summed E-state index contributed by atoms with van der Waals surface area (Å²) in [7, 11) is 0. The summed E-state index contributed by atoms with van der Waals surface area (Å²) in [5, 5.41) is 3.31. The van der Waals surface area contributed by atoms with Gasteiger partial charge in [0.25, 0.3) is 0 Å². The van der Waals surface area contributed by atoms with Crippen LogP contribution in [0.4, 0.5) is 0 Å². The number of ketones is 1. The van der Waals surface area contributed by atoms with Gasteiger partial charge in [0.05, 0.1) is 6.61 Å². The molecular weight excluding hydrogens is 166 g/mol. The Morgan fingerprint density at radius 2 is 2.46 bits per heavy atom. The molecule has 1 heterocycles. The quantitative estimate of drug-likeness (QED) is 0.687. The molecule has 1 saturated carbocycles. The Labute approximate surface area is 78.1 Å². The van der Waals surface area contributed by atoms with Gasteiger partial charge in [0.2, 0.25) is 0 Å². The lowest BCUT2D eigenvalue weighted by Crippen LogP contribution is -2.20. The third-order valence-electron chi connectivity index (χ3n) is 2.34. The zero-order chi connectivity index (χ0) is 9.10. The lowest BCUT2D eigenvalue weighted by Gasteiger charge is -2.03. The topological polar surface area (TPSA) is 38.3 Å². The van der Waals surface area contributed by atoms with Crippen molar-refractivity contribution in [2.24, 2.45) is 0 Å². The smallest absolute Gasteiger partial charge is 0.198 e. The molecule has 0 bridgehead atoms. The van der Waals surface area contributed by atoms with E-state index in [0.717, 1.165) is 13.0 Å². The standard InChI is InChI=1S/C10H15NO2/c12-9(10-2-1-7-13-10)5-6-11-8-3-4-8/h2,8,11H,1,3-7H2. The predicted molar refractivity (Wildman–Crippen MR) is 49.3 cm³/mol. The van der Waals surface area contributed by atoms with Crippen LogP contribution in [-0.4, -0.2) is 25.0 Å². The van der Waals surface area contributed by atoms with E-state index < -0.39 is 0 Å². The van der Waals surface area contributed by atoms with Crippen molar-refractivity contribution in [2.45, 2.75) is 31.7 Å². The van der Waals surface area contributed by atoms with Gasteiger partial charge in [0, 0.05) is 25.4 Å².